The summed E-state index contributed by atoms with van der Waals surface area (Å²) in [4.78, 5) is 12.6. The molecular weight excluding hydrogens is 541 g/mol. The minimum absolute atomic E-state index is 0.0811. The predicted molar refractivity (Wildman–Crippen MR) is 120 cm³/mol. The molecule has 0 amide bonds. The van der Waals surface area contributed by atoms with E-state index in [4.69, 9.17) is 4.74 Å². The van der Waals surface area contributed by atoms with E-state index in [1.165, 1.54) is 18.2 Å². The lowest BCUT2D eigenvalue weighted by atomic mass is 9.96. The van der Waals surface area contributed by atoms with Gasteiger partial charge in [0.2, 0.25) is 0 Å². The first-order chi connectivity index (χ1) is 14.4. The molecule has 0 heterocycles. The fourth-order valence-electron chi connectivity index (χ4n) is 3.83. The van der Waals surface area contributed by atoms with Gasteiger partial charge < -0.3 is 9.47 Å². The number of ether oxygens (including phenoxy) is 2. The van der Waals surface area contributed by atoms with Gasteiger partial charge in [-0.1, -0.05) is 50.3 Å². The van der Waals surface area contributed by atoms with Crippen LogP contribution >= 0.6 is 31.9 Å². The molecule has 8 heteroatoms. The summed E-state index contributed by atoms with van der Waals surface area (Å²) in [5.41, 5.74) is 2.77. The smallest absolute Gasteiger partial charge is 0.461 e. The number of hydrogen-bond donors (Lipinski definition) is 0. The zero-order valence-electron chi connectivity index (χ0n) is 17.1. The van der Waals surface area contributed by atoms with Crippen molar-refractivity contribution in [1.82, 2.24) is 0 Å². The molecular formula is C23H21Br2F3O3. The molecule has 2 aromatic rings. The molecule has 0 spiro atoms. The van der Waals surface area contributed by atoms with E-state index >= 15 is 0 Å². The Bertz CT molecular complexity index is 1010. The van der Waals surface area contributed by atoms with Crippen LogP contribution in [0.3, 0.4) is 0 Å². The van der Waals surface area contributed by atoms with Crippen molar-refractivity contribution in [2.24, 2.45) is 17.3 Å². The first kappa shape index (κ1) is 23.9. The number of alkyl halides is 3. The van der Waals surface area contributed by atoms with Crippen LogP contribution < -0.4 is 4.74 Å². The summed E-state index contributed by atoms with van der Waals surface area (Å²) in [7, 11) is 0. The third-order valence-corrected chi connectivity index (χ3v) is 6.19. The number of carbonyl (C=O) groups is 1. The van der Waals surface area contributed by atoms with Crippen molar-refractivity contribution in [3.05, 3.63) is 63.1 Å². The molecule has 0 unspecified atom stereocenters. The van der Waals surface area contributed by atoms with Gasteiger partial charge in [0.25, 0.3) is 0 Å². The van der Waals surface area contributed by atoms with Crippen molar-refractivity contribution in [2.45, 2.75) is 33.7 Å². The Labute approximate surface area is 195 Å². The summed E-state index contributed by atoms with van der Waals surface area (Å²) < 4.78 is 48.0. The van der Waals surface area contributed by atoms with Crippen LogP contribution in [0.25, 0.3) is 11.1 Å². The third kappa shape index (κ3) is 5.71. The molecule has 0 aromatic heterocycles. The molecule has 1 saturated carbocycles. The molecule has 0 N–H and O–H groups in total. The average Bonchev–Trinajstić information content (AvgIpc) is 3.18. The van der Waals surface area contributed by atoms with Crippen molar-refractivity contribution in [3.8, 4) is 16.9 Å². The molecule has 3 nitrogen and oxygen atoms in total. The summed E-state index contributed by atoms with van der Waals surface area (Å²) in [6.07, 6.45) is -2.80. The number of rotatable bonds is 6. The highest BCUT2D eigenvalue weighted by Gasteiger charge is 2.61. The van der Waals surface area contributed by atoms with Crippen molar-refractivity contribution in [3.63, 3.8) is 0 Å². The van der Waals surface area contributed by atoms with Gasteiger partial charge in [-0.05, 0) is 84.5 Å². The molecule has 1 aliphatic carbocycles. The number of esters is 1. The lowest BCUT2D eigenvalue weighted by Gasteiger charge is -2.14. The van der Waals surface area contributed by atoms with Gasteiger partial charge >= 0.3 is 12.3 Å². The van der Waals surface area contributed by atoms with E-state index in [0.717, 1.165) is 20.1 Å². The molecule has 0 bridgehead atoms. The van der Waals surface area contributed by atoms with Crippen molar-refractivity contribution >= 4 is 37.8 Å². The van der Waals surface area contributed by atoms with E-state index in [2.05, 4.69) is 36.6 Å². The normalized spacial score (nSPS) is 19.5. The molecule has 31 heavy (non-hydrogen) atoms. The number of benzene rings is 2. The Morgan fingerprint density at radius 3 is 2.48 bits per heavy atom. The molecule has 1 fully saturated rings. The molecule has 0 aliphatic heterocycles. The van der Waals surface area contributed by atoms with Gasteiger partial charge in [0.1, 0.15) is 12.4 Å². The summed E-state index contributed by atoms with van der Waals surface area (Å²) >= 11 is 6.67. The first-order valence-electron chi connectivity index (χ1n) is 9.54. The second-order valence-electron chi connectivity index (χ2n) is 8.05. The lowest BCUT2D eigenvalue weighted by molar-refractivity contribution is -0.274. The molecule has 2 aromatic carbocycles. The van der Waals surface area contributed by atoms with E-state index in [-0.39, 0.29) is 35.6 Å². The molecule has 0 saturated heterocycles. The van der Waals surface area contributed by atoms with E-state index in [1.807, 2.05) is 39.0 Å². The Morgan fingerprint density at radius 2 is 1.84 bits per heavy atom. The van der Waals surface area contributed by atoms with Crippen LogP contribution in [0.1, 0.15) is 25.0 Å². The summed E-state index contributed by atoms with van der Waals surface area (Å²) in [6, 6.07) is 11.3. The van der Waals surface area contributed by atoms with Crippen LogP contribution in [0.4, 0.5) is 13.2 Å². The lowest BCUT2D eigenvalue weighted by Crippen LogP contribution is -2.17. The van der Waals surface area contributed by atoms with Gasteiger partial charge in [0.05, 0.1) is 9.31 Å². The van der Waals surface area contributed by atoms with Crippen molar-refractivity contribution < 1.29 is 27.4 Å². The number of hydrogen-bond acceptors (Lipinski definition) is 3. The summed E-state index contributed by atoms with van der Waals surface area (Å²) in [5, 5.41) is 0. The first-order valence-corrected chi connectivity index (χ1v) is 11.1. The van der Waals surface area contributed by atoms with E-state index in [0.29, 0.717) is 5.56 Å². The zero-order valence-corrected chi connectivity index (χ0v) is 20.3. The van der Waals surface area contributed by atoms with Crippen LogP contribution in [0.5, 0.6) is 5.75 Å². The largest absolute Gasteiger partial charge is 0.573 e. The topological polar surface area (TPSA) is 35.5 Å². The Balaban J connectivity index is 1.74. The Morgan fingerprint density at radius 1 is 1.16 bits per heavy atom. The standard InChI is InChI=1S/C23H21Br2F3O3/c1-13-15(12-30-21(29)20-18(11-19(24)25)22(20,2)3)7-5-9-17(13)14-6-4-8-16(10-14)31-23(26,27)28/h4-11,18,20H,12H2,1-3H3/t18-,20-/m0/s1. The highest BCUT2D eigenvalue weighted by molar-refractivity contribution is 9.28. The highest BCUT2D eigenvalue weighted by atomic mass is 79.9. The van der Waals surface area contributed by atoms with Crippen molar-refractivity contribution in [2.75, 3.05) is 0 Å². The van der Waals surface area contributed by atoms with Gasteiger partial charge in [0.15, 0.2) is 0 Å². The maximum absolute atomic E-state index is 12.6. The van der Waals surface area contributed by atoms with Crippen molar-refractivity contribution in [1.29, 1.82) is 0 Å². The fourth-order valence-corrected chi connectivity index (χ4v) is 4.40. The third-order valence-electron chi connectivity index (χ3n) is 5.66. The Hall–Kier alpha value is -1.80. The van der Waals surface area contributed by atoms with E-state index in [9.17, 15) is 18.0 Å². The van der Waals surface area contributed by atoms with Gasteiger partial charge in [-0.2, -0.15) is 0 Å². The summed E-state index contributed by atoms with van der Waals surface area (Å²) in [5.74, 6) is -0.693. The maximum Gasteiger partial charge on any atom is 0.573 e. The quantitative estimate of drug-likeness (QED) is 0.342. The second-order valence-corrected chi connectivity index (χ2v) is 10.8. The van der Waals surface area contributed by atoms with Crippen LogP contribution in [0.2, 0.25) is 0 Å². The van der Waals surface area contributed by atoms with Crippen LogP contribution in [-0.4, -0.2) is 12.3 Å². The SMILES string of the molecule is Cc1c(COC(=O)[C@@H]2[C@H](C=C(Br)Br)C2(C)C)cccc1-c1cccc(OC(F)(F)F)c1. The Kier molecular flexibility index (Phi) is 6.91. The minimum atomic E-state index is -4.75. The molecule has 166 valence electrons. The number of carbonyl (C=O) groups excluding carboxylic acids is 1. The fraction of sp³-hybridized carbons (Fsp3) is 0.348. The van der Waals surface area contributed by atoms with Gasteiger partial charge in [-0.3, -0.25) is 4.79 Å². The molecule has 0 radical (unpaired) electrons. The number of halogens is 5. The van der Waals surface area contributed by atoms with Gasteiger partial charge in [-0.15, -0.1) is 13.2 Å². The van der Waals surface area contributed by atoms with Gasteiger partial charge in [0, 0.05) is 0 Å². The zero-order chi connectivity index (χ0) is 23.0. The average molecular weight is 562 g/mol. The van der Waals surface area contributed by atoms with Crippen LogP contribution in [0.15, 0.2) is 51.9 Å². The molecule has 1 aliphatic rings. The minimum Gasteiger partial charge on any atom is -0.461 e. The monoisotopic (exact) mass is 560 g/mol. The second kappa shape index (κ2) is 8.98. The molecule has 3 rings (SSSR count). The van der Waals surface area contributed by atoms with E-state index in [1.54, 1.807) is 12.1 Å². The predicted octanol–water partition coefficient (Wildman–Crippen LogP) is 7.51. The van der Waals surface area contributed by atoms with Gasteiger partial charge in [-0.25, -0.2) is 0 Å². The number of allylic oxidation sites excluding steroid dienone is 1. The molecule has 2 atom stereocenters. The summed E-state index contributed by atoms with van der Waals surface area (Å²) in [6.45, 7) is 5.98. The van der Waals surface area contributed by atoms with E-state index < -0.39 is 6.36 Å². The maximum atomic E-state index is 12.6. The van der Waals surface area contributed by atoms with Crippen LogP contribution in [-0.2, 0) is 16.1 Å². The highest BCUT2D eigenvalue weighted by Crippen LogP contribution is 2.60. The van der Waals surface area contributed by atoms with Crippen LogP contribution in [0, 0.1) is 24.2 Å².